The molecule has 5 nitrogen and oxygen atoms in total. The lowest BCUT2D eigenvalue weighted by molar-refractivity contribution is -0.211. The van der Waals surface area contributed by atoms with Gasteiger partial charge in [-0.15, -0.1) is 0 Å². The first-order valence-corrected chi connectivity index (χ1v) is 12.3. The number of benzene rings is 2. The molecule has 1 amide bonds. The van der Waals surface area contributed by atoms with Crippen molar-refractivity contribution in [2.24, 2.45) is 5.41 Å². The third kappa shape index (κ3) is 6.15. The summed E-state index contributed by atoms with van der Waals surface area (Å²) < 4.78 is 40.0. The molecular weight excluding hydrogens is 518 g/mol. The number of aliphatic carboxylic acids is 1. The second kappa shape index (κ2) is 11.0. The number of carbonyl (C=O) groups is 2. The molecule has 2 aromatic carbocycles. The van der Waals surface area contributed by atoms with E-state index in [9.17, 15) is 33.0 Å². The highest BCUT2D eigenvalue weighted by Gasteiger charge is 2.53. The minimum Gasteiger partial charge on any atom is -0.481 e. The third-order valence-corrected chi connectivity index (χ3v) is 7.36. The summed E-state index contributed by atoms with van der Waals surface area (Å²) in [4.78, 5) is 27.1. The zero-order chi connectivity index (χ0) is 26.8. The molecule has 1 aliphatic rings. The van der Waals surface area contributed by atoms with Crippen LogP contribution in [-0.2, 0) is 9.59 Å². The molecule has 3 unspecified atom stereocenters. The van der Waals surface area contributed by atoms with Crippen molar-refractivity contribution in [1.82, 2.24) is 4.90 Å². The third-order valence-electron chi connectivity index (χ3n) is 6.87. The van der Waals surface area contributed by atoms with Gasteiger partial charge in [0.25, 0.3) is 0 Å². The first-order chi connectivity index (χ1) is 16.8. The van der Waals surface area contributed by atoms with Crippen molar-refractivity contribution in [3.8, 4) is 0 Å². The Morgan fingerprint density at radius 2 is 1.78 bits per heavy atom. The molecule has 0 aromatic heterocycles. The van der Waals surface area contributed by atoms with Gasteiger partial charge in [0, 0.05) is 28.4 Å². The zero-order valence-electron chi connectivity index (χ0n) is 19.8. The first kappa shape index (κ1) is 28.3. The van der Waals surface area contributed by atoms with Gasteiger partial charge in [-0.2, -0.15) is 13.2 Å². The van der Waals surface area contributed by atoms with E-state index in [1.807, 2.05) is 0 Å². The molecule has 1 fully saturated rings. The number of likely N-dealkylation sites (tertiary alicyclic amines) is 1. The number of alkyl halides is 3. The van der Waals surface area contributed by atoms with Crippen molar-refractivity contribution in [2.45, 2.75) is 69.8 Å². The van der Waals surface area contributed by atoms with Gasteiger partial charge in [0.05, 0.1) is 17.9 Å². The highest BCUT2D eigenvalue weighted by Crippen LogP contribution is 2.52. The Hall–Kier alpha value is -2.29. The van der Waals surface area contributed by atoms with Crippen LogP contribution in [0.5, 0.6) is 0 Å². The maximum Gasteiger partial charge on any atom is 0.414 e. The largest absolute Gasteiger partial charge is 0.481 e. The summed E-state index contributed by atoms with van der Waals surface area (Å²) in [5.41, 5.74) is -0.0314. The average molecular weight is 546 g/mol. The summed E-state index contributed by atoms with van der Waals surface area (Å²) in [6.45, 7) is 3.16. The molecule has 10 heteroatoms. The molecule has 3 rings (SSSR count). The summed E-state index contributed by atoms with van der Waals surface area (Å²) in [5, 5.41) is 20.4. The fraction of sp³-hybridized carbons (Fsp3) is 0.462. The second-order valence-electron chi connectivity index (χ2n) is 9.56. The van der Waals surface area contributed by atoms with Crippen LogP contribution in [-0.4, -0.2) is 45.3 Å². The first-order valence-electron chi connectivity index (χ1n) is 11.6. The van der Waals surface area contributed by atoms with Crippen LogP contribution < -0.4 is 0 Å². The Bertz CT molecular complexity index is 1100. The standard InChI is InChI=1S/C26H28Cl2F3NO4/c1-3-19(12-21(33)26(29,30)31)32-23(15-7-9-17(27)10-8-15)20(16-5-4-6-18(28)11-16)13-25(2,24(32)36)14-22(34)35/h4-11,19-21,23,33H,3,12-14H2,1-2H3,(H,34,35)/t19?,20?,21-,23?,25+/m0/s1. The number of carboxylic acid groups (broad SMARTS) is 1. The van der Waals surface area contributed by atoms with Gasteiger partial charge in [-0.3, -0.25) is 9.59 Å². The number of hydrogen-bond acceptors (Lipinski definition) is 3. The van der Waals surface area contributed by atoms with E-state index in [4.69, 9.17) is 23.2 Å². The van der Waals surface area contributed by atoms with Gasteiger partial charge in [0.15, 0.2) is 6.10 Å². The van der Waals surface area contributed by atoms with Gasteiger partial charge in [0.1, 0.15) is 0 Å². The lowest BCUT2D eigenvalue weighted by atomic mass is 9.67. The Kier molecular flexibility index (Phi) is 8.63. The van der Waals surface area contributed by atoms with E-state index in [1.165, 1.54) is 11.8 Å². The summed E-state index contributed by atoms with van der Waals surface area (Å²) in [6.07, 6.45) is -8.47. The minimum atomic E-state index is -4.86. The Morgan fingerprint density at radius 1 is 1.14 bits per heavy atom. The number of carbonyl (C=O) groups excluding carboxylic acids is 1. The summed E-state index contributed by atoms with van der Waals surface area (Å²) in [6, 6.07) is 11.9. The minimum absolute atomic E-state index is 0.119. The van der Waals surface area contributed by atoms with Gasteiger partial charge in [-0.25, -0.2) is 0 Å². The van der Waals surface area contributed by atoms with Crippen molar-refractivity contribution in [3.05, 3.63) is 69.7 Å². The Labute approximate surface area is 217 Å². The van der Waals surface area contributed by atoms with Crippen molar-refractivity contribution < 1.29 is 33.0 Å². The number of hydrogen-bond donors (Lipinski definition) is 2. The quantitative estimate of drug-likeness (QED) is 0.390. The van der Waals surface area contributed by atoms with Gasteiger partial charge in [-0.1, -0.05) is 61.3 Å². The van der Waals surface area contributed by atoms with Crippen LogP contribution in [0.2, 0.25) is 10.0 Å². The molecule has 2 N–H and O–H groups in total. The number of halogens is 5. The summed E-state index contributed by atoms with van der Waals surface area (Å²) in [7, 11) is 0. The average Bonchev–Trinajstić information content (AvgIpc) is 2.78. The summed E-state index contributed by atoms with van der Waals surface area (Å²) in [5.74, 6) is -2.24. The van der Waals surface area contributed by atoms with Crippen molar-refractivity contribution >= 4 is 35.1 Å². The van der Waals surface area contributed by atoms with E-state index in [0.29, 0.717) is 15.6 Å². The molecular formula is C26H28Cl2F3NO4. The molecule has 0 spiro atoms. The predicted octanol–water partition coefficient (Wildman–Crippen LogP) is 6.62. The van der Waals surface area contributed by atoms with Crippen LogP contribution in [0.3, 0.4) is 0 Å². The number of nitrogens with zero attached hydrogens (tertiary/aromatic N) is 1. The van der Waals surface area contributed by atoms with E-state index < -0.39 is 60.4 Å². The van der Waals surface area contributed by atoms with Crippen LogP contribution in [0.4, 0.5) is 13.2 Å². The van der Waals surface area contributed by atoms with Crippen LogP contribution in [0.15, 0.2) is 48.5 Å². The van der Waals surface area contributed by atoms with Crippen LogP contribution in [0.1, 0.15) is 62.6 Å². The Balaban J connectivity index is 2.23. The fourth-order valence-electron chi connectivity index (χ4n) is 5.15. The van der Waals surface area contributed by atoms with E-state index in [-0.39, 0.29) is 12.8 Å². The van der Waals surface area contributed by atoms with Gasteiger partial charge in [-0.05, 0) is 48.2 Å². The molecule has 5 atom stereocenters. The Morgan fingerprint density at radius 3 is 2.31 bits per heavy atom. The van der Waals surface area contributed by atoms with Crippen LogP contribution in [0, 0.1) is 5.41 Å². The smallest absolute Gasteiger partial charge is 0.414 e. The lowest BCUT2D eigenvalue weighted by Gasteiger charge is -2.52. The lowest BCUT2D eigenvalue weighted by Crippen LogP contribution is -2.57. The van der Waals surface area contributed by atoms with Gasteiger partial charge < -0.3 is 15.1 Å². The molecule has 36 heavy (non-hydrogen) atoms. The predicted molar refractivity (Wildman–Crippen MR) is 131 cm³/mol. The van der Waals surface area contributed by atoms with Crippen molar-refractivity contribution in [3.63, 3.8) is 0 Å². The second-order valence-corrected chi connectivity index (χ2v) is 10.4. The molecule has 0 aliphatic carbocycles. The summed E-state index contributed by atoms with van der Waals surface area (Å²) >= 11 is 12.3. The molecule has 2 aromatic rings. The van der Waals surface area contributed by atoms with Gasteiger partial charge in [0.2, 0.25) is 5.91 Å². The number of piperidine rings is 1. The van der Waals surface area contributed by atoms with E-state index >= 15 is 0 Å². The number of carboxylic acids is 1. The molecule has 0 radical (unpaired) electrons. The molecule has 1 heterocycles. The molecule has 0 bridgehead atoms. The van der Waals surface area contributed by atoms with Crippen LogP contribution >= 0.6 is 23.2 Å². The van der Waals surface area contributed by atoms with E-state index in [2.05, 4.69) is 0 Å². The van der Waals surface area contributed by atoms with Crippen LogP contribution in [0.25, 0.3) is 0 Å². The van der Waals surface area contributed by atoms with Crippen molar-refractivity contribution in [1.29, 1.82) is 0 Å². The molecule has 1 aliphatic heterocycles. The maximum atomic E-state index is 14.0. The van der Waals surface area contributed by atoms with E-state index in [0.717, 1.165) is 5.56 Å². The van der Waals surface area contributed by atoms with E-state index in [1.54, 1.807) is 55.5 Å². The monoisotopic (exact) mass is 545 g/mol. The number of amides is 1. The number of aliphatic hydroxyl groups excluding tert-OH is 1. The number of rotatable bonds is 8. The zero-order valence-corrected chi connectivity index (χ0v) is 21.3. The highest BCUT2D eigenvalue weighted by molar-refractivity contribution is 6.30. The highest BCUT2D eigenvalue weighted by atomic mass is 35.5. The molecule has 196 valence electrons. The topological polar surface area (TPSA) is 77.8 Å². The molecule has 1 saturated heterocycles. The maximum absolute atomic E-state index is 14.0. The van der Waals surface area contributed by atoms with Crippen molar-refractivity contribution in [2.75, 3.05) is 0 Å². The fourth-order valence-corrected chi connectivity index (χ4v) is 5.47. The normalized spacial score (nSPS) is 24.4. The SMILES string of the molecule is CCC(C[C@H](O)C(F)(F)F)N1C(=O)[C@@](C)(CC(=O)O)CC(c2cccc(Cl)c2)C1c1ccc(Cl)cc1. The van der Waals surface area contributed by atoms with Gasteiger partial charge >= 0.3 is 12.1 Å². The number of aliphatic hydroxyl groups is 1. The molecule has 0 saturated carbocycles.